The van der Waals surface area contributed by atoms with Crippen LogP contribution < -0.4 is 5.73 Å². The lowest BCUT2D eigenvalue weighted by atomic mass is 10.0. The van der Waals surface area contributed by atoms with Gasteiger partial charge in [0.15, 0.2) is 0 Å². The van der Waals surface area contributed by atoms with Crippen molar-refractivity contribution in [2.24, 2.45) is 11.7 Å². The molecule has 0 aromatic carbocycles. The Bertz CT molecular complexity index is 141. The van der Waals surface area contributed by atoms with Crippen molar-refractivity contribution in [2.45, 2.75) is 51.5 Å². The molecule has 14 heavy (non-hydrogen) atoms. The third kappa shape index (κ3) is 3.58. The van der Waals surface area contributed by atoms with Crippen molar-refractivity contribution in [3.63, 3.8) is 0 Å². The quantitative estimate of drug-likeness (QED) is 0.709. The van der Waals surface area contributed by atoms with Gasteiger partial charge in [-0.1, -0.05) is 26.2 Å². The lowest BCUT2D eigenvalue weighted by Gasteiger charge is -2.28. The van der Waals surface area contributed by atoms with Crippen LogP contribution in [0.2, 0.25) is 0 Å². The Morgan fingerprint density at radius 2 is 2.00 bits per heavy atom. The summed E-state index contributed by atoms with van der Waals surface area (Å²) in [6, 6.07) is 0.848. The number of hydrogen-bond donors (Lipinski definition) is 1. The molecular formula is C12H26N2. The predicted molar refractivity (Wildman–Crippen MR) is 62.3 cm³/mol. The van der Waals surface area contributed by atoms with Gasteiger partial charge < -0.3 is 10.6 Å². The Morgan fingerprint density at radius 3 is 2.50 bits per heavy atom. The molecule has 1 fully saturated rings. The maximum atomic E-state index is 5.78. The number of rotatable bonds is 6. The molecule has 0 amide bonds. The Hall–Kier alpha value is -0.0800. The van der Waals surface area contributed by atoms with E-state index in [0.29, 0.717) is 5.92 Å². The van der Waals surface area contributed by atoms with E-state index in [9.17, 15) is 0 Å². The summed E-state index contributed by atoms with van der Waals surface area (Å²) >= 11 is 0. The first kappa shape index (κ1) is 12.0. The molecule has 1 aliphatic carbocycles. The highest BCUT2D eigenvalue weighted by Gasteiger charge is 2.21. The van der Waals surface area contributed by atoms with Crippen LogP contribution in [-0.2, 0) is 0 Å². The van der Waals surface area contributed by atoms with Crippen LogP contribution in [0.25, 0.3) is 0 Å². The van der Waals surface area contributed by atoms with Crippen molar-refractivity contribution >= 4 is 0 Å². The van der Waals surface area contributed by atoms with Gasteiger partial charge in [0.1, 0.15) is 0 Å². The van der Waals surface area contributed by atoms with Gasteiger partial charge in [-0.15, -0.1) is 0 Å². The van der Waals surface area contributed by atoms with E-state index in [2.05, 4.69) is 18.9 Å². The summed E-state index contributed by atoms with van der Waals surface area (Å²) in [5.41, 5.74) is 5.78. The average molecular weight is 198 g/mol. The molecule has 0 aromatic rings. The smallest absolute Gasteiger partial charge is 0.00923 e. The molecule has 2 heteroatoms. The third-order valence-electron chi connectivity index (χ3n) is 3.52. The first-order valence-electron chi connectivity index (χ1n) is 6.18. The summed E-state index contributed by atoms with van der Waals surface area (Å²) in [4.78, 5) is 2.54. The van der Waals surface area contributed by atoms with Crippen LogP contribution >= 0.6 is 0 Å². The minimum atomic E-state index is 0.714. The van der Waals surface area contributed by atoms with E-state index >= 15 is 0 Å². The first-order chi connectivity index (χ1) is 6.77. The maximum absolute atomic E-state index is 5.78. The Balaban J connectivity index is 2.25. The zero-order chi connectivity index (χ0) is 10.4. The SMILES string of the molecule is CCCC(CN)CN(C)C1CCCC1. The molecule has 1 aliphatic rings. The van der Waals surface area contributed by atoms with Crippen molar-refractivity contribution in [1.29, 1.82) is 0 Å². The molecule has 1 saturated carbocycles. The highest BCUT2D eigenvalue weighted by molar-refractivity contribution is 4.77. The van der Waals surface area contributed by atoms with Gasteiger partial charge in [0, 0.05) is 12.6 Å². The summed E-state index contributed by atoms with van der Waals surface area (Å²) in [6.45, 7) is 4.30. The molecule has 84 valence electrons. The number of nitrogens with zero attached hydrogens (tertiary/aromatic N) is 1. The van der Waals surface area contributed by atoms with Crippen LogP contribution in [0.5, 0.6) is 0 Å². The molecule has 1 rings (SSSR count). The Kier molecular flexibility index (Phi) is 5.49. The van der Waals surface area contributed by atoms with E-state index in [-0.39, 0.29) is 0 Å². The summed E-state index contributed by atoms with van der Waals surface area (Å²) < 4.78 is 0. The first-order valence-corrected chi connectivity index (χ1v) is 6.18. The van der Waals surface area contributed by atoms with Gasteiger partial charge in [-0.2, -0.15) is 0 Å². The largest absolute Gasteiger partial charge is 0.330 e. The third-order valence-corrected chi connectivity index (χ3v) is 3.52. The van der Waals surface area contributed by atoms with Crippen molar-refractivity contribution in [3.8, 4) is 0 Å². The molecular weight excluding hydrogens is 172 g/mol. The Labute approximate surface area is 88.8 Å². The highest BCUT2D eigenvalue weighted by Crippen LogP contribution is 2.23. The summed E-state index contributed by atoms with van der Waals surface area (Å²) in [7, 11) is 2.27. The second kappa shape index (κ2) is 6.41. The average Bonchev–Trinajstić information content (AvgIpc) is 2.69. The molecule has 2 nitrogen and oxygen atoms in total. The van der Waals surface area contributed by atoms with Gasteiger partial charge in [-0.3, -0.25) is 0 Å². The predicted octanol–water partition coefficient (Wildman–Crippen LogP) is 2.24. The van der Waals surface area contributed by atoms with E-state index in [4.69, 9.17) is 5.73 Å². The van der Waals surface area contributed by atoms with E-state index in [0.717, 1.165) is 12.6 Å². The van der Waals surface area contributed by atoms with E-state index in [1.165, 1.54) is 45.1 Å². The van der Waals surface area contributed by atoms with Crippen molar-refractivity contribution < 1.29 is 0 Å². The second-order valence-electron chi connectivity index (χ2n) is 4.77. The van der Waals surface area contributed by atoms with Crippen LogP contribution in [-0.4, -0.2) is 31.1 Å². The van der Waals surface area contributed by atoms with Gasteiger partial charge in [0.2, 0.25) is 0 Å². The molecule has 0 spiro atoms. The molecule has 2 N–H and O–H groups in total. The summed E-state index contributed by atoms with van der Waals surface area (Å²) in [5.74, 6) is 0.714. The monoisotopic (exact) mass is 198 g/mol. The van der Waals surface area contributed by atoms with Crippen molar-refractivity contribution in [3.05, 3.63) is 0 Å². The zero-order valence-electron chi connectivity index (χ0n) is 9.84. The normalized spacial score (nSPS) is 20.6. The molecule has 0 saturated heterocycles. The number of hydrogen-bond acceptors (Lipinski definition) is 2. The molecule has 0 aliphatic heterocycles. The number of nitrogens with two attached hydrogens (primary N) is 1. The van der Waals surface area contributed by atoms with E-state index in [1.807, 2.05) is 0 Å². The maximum Gasteiger partial charge on any atom is 0.00923 e. The summed E-state index contributed by atoms with van der Waals surface area (Å²) in [5, 5.41) is 0. The lowest BCUT2D eigenvalue weighted by Crippen LogP contribution is -2.36. The van der Waals surface area contributed by atoms with Crippen LogP contribution in [0.4, 0.5) is 0 Å². The topological polar surface area (TPSA) is 29.3 Å². The van der Waals surface area contributed by atoms with E-state index in [1.54, 1.807) is 0 Å². The van der Waals surface area contributed by atoms with Gasteiger partial charge in [0.05, 0.1) is 0 Å². The zero-order valence-corrected chi connectivity index (χ0v) is 9.84. The lowest BCUT2D eigenvalue weighted by molar-refractivity contribution is 0.205. The fourth-order valence-electron chi connectivity index (χ4n) is 2.59. The highest BCUT2D eigenvalue weighted by atomic mass is 15.1. The van der Waals surface area contributed by atoms with E-state index < -0.39 is 0 Å². The molecule has 1 atom stereocenters. The van der Waals surface area contributed by atoms with Crippen LogP contribution in [0.3, 0.4) is 0 Å². The van der Waals surface area contributed by atoms with Gasteiger partial charge in [0.25, 0.3) is 0 Å². The van der Waals surface area contributed by atoms with Crippen molar-refractivity contribution in [1.82, 2.24) is 4.90 Å². The van der Waals surface area contributed by atoms with Crippen LogP contribution in [0.15, 0.2) is 0 Å². The second-order valence-corrected chi connectivity index (χ2v) is 4.77. The van der Waals surface area contributed by atoms with Gasteiger partial charge in [-0.05, 0) is 38.8 Å². The van der Waals surface area contributed by atoms with Gasteiger partial charge >= 0.3 is 0 Å². The minimum Gasteiger partial charge on any atom is -0.330 e. The van der Waals surface area contributed by atoms with Crippen LogP contribution in [0, 0.1) is 5.92 Å². The fraction of sp³-hybridized carbons (Fsp3) is 1.00. The van der Waals surface area contributed by atoms with Crippen molar-refractivity contribution in [2.75, 3.05) is 20.1 Å². The van der Waals surface area contributed by atoms with Crippen LogP contribution in [0.1, 0.15) is 45.4 Å². The molecule has 0 radical (unpaired) electrons. The molecule has 0 bridgehead atoms. The summed E-state index contributed by atoms with van der Waals surface area (Å²) in [6.07, 6.45) is 8.21. The molecule has 0 heterocycles. The minimum absolute atomic E-state index is 0.714. The molecule has 0 aromatic heterocycles. The molecule has 1 unspecified atom stereocenters. The standard InChI is InChI=1S/C12H26N2/c1-3-6-11(9-13)10-14(2)12-7-4-5-8-12/h11-12H,3-10,13H2,1-2H3. The van der Waals surface area contributed by atoms with Gasteiger partial charge in [-0.25, -0.2) is 0 Å². The Morgan fingerprint density at radius 1 is 1.36 bits per heavy atom. The fourth-order valence-corrected chi connectivity index (χ4v) is 2.59.